The average Bonchev–Trinajstić information content (AvgIpc) is 3.23. The van der Waals surface area contributed by atoms with Crippen molar-refractivity contribution in [2.24, 2.45) is 0 Å². The van der Waals surface area contributed by atoms with Crippen LogP contribution in [0, 0.1) is 0 Å². The van der Waals surface area contributed by atoms with Crippen molar-refractivity contribution >= 4 is 33.3 Å². The van der Waals surface area contributed by atoms with Crippen LogP contribution in [0.4, 0.5) is 0 Å². The van der Waals surface area contributed by atoms with Gasteiger partial charge in [-0.3, -0.25) is 0 Å². The molecule has 0 spiro atoms. The molecule has 3 heterocycles. The molecule has 1 atom stereocenters. The number of hydrogen-bond donors (Lipinski definition) is 0. The molecule has 0 bridgehead atoms. The van der Waals surface area contributed by atoms with E-state index in [1.165, 1.54) is 22.9 Å². The summed E-state index contributed by atoms with van der Waals surface area (Å²) in [6, 6.07) is 10.5. The summed E-state index contributed by atoms with van der Waals surface area (Å²) < 4.78 is 5.72. The zero-order chi connectivity index (χ0) is 14.8. The molecule has 4 rings (SSSR count). The maximum absolute atomic E-state index is 5.72. The van der Waals surface area contributed by atoms with Crippen LogP contribution < -0.4 is 0 Å². The molecular weight excluding hydrogens is 312 g/mol. The average molecular weight is 328 g/mol. The van der Waals surface area contributed by atoms with Crippen molar-refractivity contribution in [1.29, 1.82) is 0 Å². The van der Waals surface area contributed by atoms with Crippen molar-refractivity contribution in [3.8, 4) is 11.1 Å². The molecule has 2 aromatic heterocycles. The van der Waals surface area contributed by atoms with Crippen molar-refractivity contribution in [3.63, 3.8) is 0 Å². The standard InChI is InChI=1S/C17H16N2OS2/c1-2-5-12(6-3-1)14-10-22-17-15(14)16(18-11-19-17)21-9-13-7-4-8-20-13/h1-3,5-6,10-11,13H,4,7-9H2. The summed E-state index contributed by atoms with van der Waals surface area (Å²) >= 11 is 3.48. The van der Waals surface area contributed by atoms with Gasteiger partial charge in [0.1, 0.15) is 16.2 Å². The van der Waals surface area contributed by atoms with Gasteiger partial charge < -0.3 is 4.74 Å². The summed E-state index contributed by atoms with van der Waals surface area (Å²) in [6.45, 7) is 0.901. The van der Waals surface area contributed by atoms with Gasteiger partial charge in [-0.25, -0.2) is 9.97 Å². The number of aromatic nitrogens is 2. The molecule has 0 saturated carbocycles. The Labute approximate surface area is 137 Å². The van der Waals surface area contributed by atoms with Gasteiger partial charge in [0.05, 0.1) is 11.5 Å². The zero-order valence-corrected chi connectivity index (χ0v) is 13.7. The third-order valence-electron chi connectivity index (χ3n) is 3.85. The first-order chi connectivity index (χ1) is 10.9. The molecule has 3 aromatic rings. The van der Waals surface area contributed by atoms with Crippen LogP contribution in [0.1, 0.15) is 12.8 Å². The lowest BCUT2D eigenvalue weighted by Crippen LogP contribution is -2.08. The number of thioether (sulfide) groups is 1. The van der Waals surface area contributed by atoms with Gasteiger partial charge in [0.15, 0.2) is 0 Å². The Bertz CT molecular complexity index is 767. The second kappa shape index (κ2) is 6.36. The molecule has 112 valence electrons. The number of hydrogen-bond acceptors (Lipinski definition) is 5. The molecule has 5 heteroatoms. The molecule has 0 amide bonds. The summed E-state index contributed by atoms with van der Waals surface area (Å²) in [4.78, 5) is 10.0. The van der Waals surface area contributed by atoms with E-state index in [1.54, 1.807) is 29.4 Å². The second-order valence-electron chi connectivity index (χ2n) is 5.32. The third-order valence-corrected chi connectivity index (χ3v) is 5.86. The van der Waals surface area contributed by atoms with E-state index in [2.05, 4.69) is 39.6 Å². The molecule has 0 radical (unpaired) electrons. The normalized spacial score (nSPS) is 18.1. The highest BCUT2D eigenvalue weighted by Gasteiger charge is 2.18. The minimum atomic E-state index is 0.369. The third kappa shape index (κ3) is 2.76. The molecule has 22 heavy (non-hydrogen) atoms. The Kier molecular flexibility index (Phi) is 4.10. The van der Waals surface area contributed by atoms with Gasteiger partial charge in [-0.2, -0.15) is 0 Å². The molecule has 1 aliphatic rings. The number of benzene rings is 1. The number of nitrogens with zero attached hydrogens (tertiary/aromatic N) is 2. The molecule has 0 aliphatic carbocycles. The Morgan fingerprint density at radius 3 is 2.95 bits per heavy atom. The summed E-state index contributed by atoms with van der Waals surface area (Å²) in [5.41, 5.74) is 2.46. The summed E-state index contributed by atoms with van der Waals surface area (Å²) in [5, 5.41) is 4.44. The second-order valence-corrected chi connectivity index (χ2v) is 7.19. The Hall–Kier alpha value is -1.43. The van der Waals surface area contributed by atoms with E-state index in [0.29, 0.717) is 6.10 Å². The summed E-state index contributed by atoms with van der Waals surface area (Å²) in [7, 11) is 0. The number of thiophene rings is 1. The topological polar surface area (TPSA) is 35.0 Å². The van der Waals surface area contributed by atoms with Crippen LogP contribution in [0.3, 0.4) is 0 Å². The van der Waals surface area contributed by atoms with E-state index in [0.717, 1.165) is 28.6 Å². The smallest absolute Gasteiger partial charge is 0.128 e. The molecule has 1 unspecified atom stereocenters. The van der Waals surface area contributed by atoms with Crippen molar-refractivity contribution in [1.82, 2.24) is 9.97 Å². The molecule has 1 aromatic carbocycles. The number of rotatable bonds is 4. The van der Waals surface area contributed by atoms with Crippen LogP contribution in [0.25, 0.3) is 21.3 Å². The van der Waals surface area contributed by atoms with Crippen molar-refractivity contribution in [3.05, 3.63) is 42.0 Å². The quantitative estimate of drug-likeness (QED) is 0.517. The lowest BCUT2D eigenvalue weighted by molar-refractivity contribution is 0.129. The van der Waals surface area contributed by atoms with Crippen LogP contribution in [0.2, 0.25) is 0 Å². The van der Waals surface area contributed by atoms with Crippen LogP contribution in [0.15, 0.2) is 47.1 Å². The van der Waals surface area contributed by atoms with Crippen LogP contribution in [-0.4, -0.2) is 28.4 Å². The SMILES string of the molecule is c1ccc(-c2csc3ncnc(SCC4CCCO4)c23)cc1. The van der Waals surface area contributed by atoms with Gasteiger partial charge in [-0.1, -0.05) is 30.3 Å². The minimum absolute atomic E-state index is 0.369. The van der Waals surface area contributed by atoms with Gasteiger partial charge in [0.25, 0.3) is 0 Å². The lowest BCUT2D eigenvalue weighted by atomic mass is 10.1. The number of ether oxygens (including phenoxy) is 1. The highest BCUT2D eigenvalue weighted by molar-refractivity contribution is 7.99. The van der Waals surface area contributed by atoms with E-state index in [4.69, 9.17) is 4.74 Å². The Balaban J connectivity index is 1.70. The zero-order valence-electron chi connectivity index (χ0n) is 12.1. The van der Waals surface area contributed by atoms with Crippen LogP contribution >= 0.6 is 23.1 Å². The van der Waals surface area contributed by atoms with Gasteiger partial charge in [-0.15, -0.1) is 23.1 Å². The fraction of sp³-hybridized carbons (Fsp3) is 0.294. The van der Waals surface area contributed by atoms with Crippen LogP contribution in [0.5, 0.6) is 0 Å². The molecular formula is C17H16N2OS2. The monoisotopic (exact) mass is 328 g/mol. The molecule has 0 N–H and O–H groups in total. The summed E-state index contributed by atoms with van der Waals surface area (Å²) in [5.74, 6) is 0.968. The fourth-order valence-electron chi connectivity index (χ4n) is 2.73. The predicted molar refractivity (Wildman–Crippen MR) is 92.5 cm³/mol. The van der Waals surface area contributed by atoms with Gasteiger partial charge in [0.2, 0.25) is 0 Å². The highest BCUT2D eigenvalue weighted by atomic mass is 32.2. The summed E-state index contributed by atoms with van der Waals surface area (Å²) in [6.07, 6.45) is 4.38. The lowest BCUT2D eigenvalue weighted by Gasteiger charge is -2.09. The maximum atomic E-state index is 5.72. The first-order valence-electron chi connectivity index (χ1n) is 7.44. The van der Waals surface area contributed by atoms with Crippen molar-refractivity contribution in [2.75, 3.05) is 12.4 Å². The van der Waals surface area contributed by atoms with Gasteiger partial charge in [-0.05, 0) is 18.4 Å². The molecule has 1 aliphatic heterocycles. The first-order valence-corrected chi connectivity index (χ1v) is 9.30. The number of fused-ring (bicyclic) bond motifs is 1. The van der Waals surface area contributed by atoms with Gasteiger partial charge >= 0.3 is 0 Å². The maximum Gasteiger partial charge on any atom is 0.128 e. The highest BCUT2D eigenvalue weighted by Crippen LogP contribution is 2.38. The molecule has 1 saturated heterocycles. The Morgan fingerprint density at radius 2 is 2.14 bits per heavy atom. The molecule has 3 nitrogen and oxygen atoms in total. The van der Waals surface area contributed by atoms with Crippen molar-refractivity contribution in [2.45, 2.75) is 24.0 Å². The van der Waals surface area contributed by atoms with Gasteiger partial charge in [0, 0.05) is 23.3 Å². The van der Waals surface area contributed by atoms with E-state index >= 15 is 0 Å². The predicted octanol–water partition coefficient (Wildman–Crippen LogP) is 4.63. The van der Waals surface area contributed by atoms with E-state index < -0.39 is 0 Å². The van der Waals surface area contributed by atoms with E-state index in [9.17, 15) is 0 Å². The van der Waals surface area contributed by atoms with Crippen LogP contribution in [-0.2, 0) is 4.74 Å². The van der Waals surface area contributed by atoms with E-state index in [-0.39, 0.29) is 0 Å². The fourth-order valence-corrected chi connectivity index (χ4v) is 4.79. The Morgan fingerprint density at radius 1 is 1.23 bits per heavy atom. The van der Waals surface area contributed by atoms with E-state index in [1.807, 2.05) is 6.07 Å². The minimum Gasteiger partial charge on any atom is -0.377 e. The largest absolute Gasteiger partial charge is 0.377 e. The van der Waals surface area contributed by atoms with Crippen molar-refractivity contribution < 1.29 is 4.74 Å². The first kappa shape index (κ1) is 14.2. The molecule has 1 fully saturated rings.